The summed E-state index contributed by atoms with van der Waals surface area (Å²) < 4.78 is 26.1. The molecule has 0 bridgehead atoms. The molecule has 0 aromatic rings. The summed E-state index contributed by atoms with van der Waals surface area (Å²) in [5.41, 5.74) is -0.408. The van der Waals surface area contributed by atoms with E-state index >= 15 is 0 Å². The van der Waals surface area contributed by atoms with Crippen molar-refractivity contribution < 1.29 is 47.7 Å². The Morgan fingerprint density at radius 2 is 0.691 bits per heavy atom. The molecule has 0 radical (unpaired) electrons. The highest BCUT2D eigenvalue weighted by molar-refractivity contribution is 5.82. The molecular weight excluding hydrogens is 1030 g/mol. The van der Waals surface area contributed by atoms with Crippen LogP contribution in [0.4, 0.5) is 0 Å². The Hall–Kier alpha value is -3.05. The minimum absolute atomic E-state index is 0.103. The number of carbonyl (C=O) groups excluding carboxylic acids is 5. The van der Waals surface area contributed by atoms with Gasteiger partial charge in [-0.1, -0.05) is 13.8 Å². The number of rotatable bonds is 19. The molecule has 5 saturated heterocycles. The average molecular weight is 1160 g/mol. The molecule has 20 nitrogen and oxygen atoms in total. The Bertz CT molecular complexity index is 1730. The van der Waals surface area contributed by atoms with Gasteiger partial charge in [-0.15, -0.1) is 0 Å². The minimum atomic E-state index is -0.408. The molecule has 5 aliphatic heterocycles. The molecule has 5 rings (SSSR count). The van der Waals surface area contributed by atoms with Gasteiger partial charge in [0.25, 0.3) is 11.8 Å². The van der Waals surface area contributed by atoms with E-state index in [1.165, 1.54) is 0 Å². The topological polar surface area (TPSA) is 164 Å². The van der Waals surface area contributed by atoms with Crippen LogP contribution in [0.5, 0.6) is 0 Å². The van der Waals surface area contributed by atoms with Crippen molar-refractivity contribution in [3.05, 3.63) is 0 Å². The summed E-state index contributed by atoms with van der Waals surface area (Å²) in [4.78, 5) is 81.5. The molecule has 5 amide bonds. The van der Waals surface area contributed by atoms with Gasteiger partial charge < -0.3 is 48.2 Å². The largest absolute Gasteiger partial charge is 0.384 e. The fourth-order valence-corrected chi connectivity index (χ4v) is 10.3. The number of nitrogens with zero attached hydrogens (tertiary/aromatic N) is 10. The summed E-state index contributed by atoms with van der Waals surface area (Å²) in [6, 6.07) is 2.85. The first-order chi connectivity index (χ1) is 37.9. The maximum Gasteiger partial charge on any atom is 0.252 e. The molecule has 0 N–H and O–H groups in total. The second-order valence-corrected chi connectivity index (χ2v) is 25.2. The number of piperazine rings is 5. The van der Waals surface area contributed by atoms with Crippen LogP contribution in [0, 0.1) is 11.3 Å². The van der Waals surface area contributed by atoms with Gasteiger partial charge in [-0.3, -0.25) is 48.5 Å². The summed E-state index contributed by atoms with van der Waals surface area (Å²) in [7, 11) is 4.82. The third kappa shape index (κ3) is 28.6. The lowest BCUT2D eigenvalue weighted by Crippen LogP contribution is -2.54. The second kappa shape index (κ2) is 39.5. The SMILES string of the molecule is CC(C)OC(C)C(=O)N1CCN(C(C)C)CC1.CC(C)OCC(=O)N1CCN(C(C)C)CC1.COC(C(=O)N1CCN(C(C)C)CC1)C(C)C.COCC(=O)N1CCN(C(C)C)CC1.COCC(C)(C)C(=O)N1CCN(C(C)C)CC1. The smallest absolute Gasteiger partial charge is 0.252 e. The van der Waals surface area contributed by atoms with E-state index in [0.717, 1.165) is 131 Å². The monoisotopic (exact) mass is 1150 g/mol. The van der Waals surface area contributed by atoms with Crippen LogP contribution in [0.1, 0.15) is 132 Å². The van der Waals surface area contributed by atoms with Crippen molar-refractivity contribution in [2.24, 2.45) is 11.3 Å². The lowest BCUT2D eigenvalue weighted by atomic mass is 9.92. The normalized spacial score (nSPS) is 19.3. The molecule has 2 atom stereocenters. The second-order valence-electron chi connectivity index (χ2n) is 25.2. The quantitative estimate of drug-likeness (QED) is 0.171. The zero-order chi connectivity index (χ0) is 61.7. The molecule has 2 unspecified atom stereocenters. The van der Waals surface area contributed by atoms with Crippen LogP contribution in [-0.2, 0) is 47.7 Å². The molecule has 0 spiro atoms. The molecular formula is C61H122N10O10. The predicted octanol–water partition coefficient (Wildman–Crippen LogP) is 4.92. The molecule has 0 saturated carbocycles. The molecule has 0 aliphatic carbocycles. The third-order valence-electron chi connectivity index (χ3n) is 15.7. The van der Waals surface area contributed by atoms with Crippen molar-refractivity contribution in [1.82, 2.24) is 49.0 Å². The van der Waals surface area contributed by atoms with Crippen LogP contribution in [0.2, 0.25) is 0 Å². The highest BCUT2D eigenvalue weighted by atomic mass is 16.5. The summed E-state index contributed by atoms with van der Waals surface area (Å²) in [6.07, 6.45) is -0.381. The highest BCUT2D eigenvalue weighted by Crippen LogP contribution is 2.21. The number of amides is 5. The van der Waals surface area contributed by atoms with Gasteiger partial charge in [0.15, 0.2) is 0 Å². The van der Waals surface area contributed by atoms with Crippen LogP contribution in [0.3, 0.4) is 0 Å². The highest BCUT2D eigenvalue weighted by Gasteiger charge is 2.35. The van der Waals surface area contributed by atoms with Crippen LogP contribution < -0.4 is 0 Å². The van der Waals surface area contributed by atoms with Crippen molar-refractivity contribution in [1.29, 1.82) is 0 Å². The van der Waals surface area contributed by atoms with Gasteiger partial charge in [0.2, 0.25) is 17.7 Å². The predicted molar refractivity (Wildman–Crippen MR) is 326 cm³/mol. The fraction of sp³-hybridized carbons (Fsp3) is 0.918. The Kier molecular flexibility index (Phi) is 37.1. The Morgan fingerprint density at radius 3 is 0.963 bits per heavy atom. The van der Waals surface area contributed by atoms with E-state index in [2.05, 4.69) is 93.7 Å². The van der Waals surface area contributed by atoms with Crippen LogP contribution in [0.25, 0.3) is 0 Å². The van der Waals surface area contributed by atoms with Gasteiger partial charge in [0.05, 0.1) is 24.2 Å². The van der Waals surface area contributed by atoms with Crippen LogP contribution >= 0.6 is 0 Å². The van der Waals surface area contributed by atoms with E-state index in [9.17, 15) is 24.0 Å². The standard InChI is InChI=1S/3C13H26N2O2.C12H24N2O2.C10H20N2O2/c1-11(2)14-6-8-15(9-7-14)12(16)13(3,4)10-17-5;1-10(2)12(17-5)13(16)15-8-6-14(7-9-15)11(3)4;1-10(2)14-6-8-15(9-7-14)13(16)12(5)17-11(3)4;1-10(2)13-5-7-14(8-6-13)12(15)9-16-11(3)4;1-9(2)11-4-6-12(7-5-11)10(13)8-14-3/h11H,6-10H2,1-5H3;2*10-12H,6-9H2,1-5H3;10-11H,5-9H2,1-4H3;9H,4-8H2,1-3H3. The van der Waals surface area contributed by atoms with Crippen LogP contribution in [0.15, 0.2) is 0 Å². The first kappa shape index (κ1) is 76.0. The number of ether oxygens (including phenoxy) is 5. The maximum atomic E-state index is 12.3. The van der Waals surface area contributed by atoms with E-state index < -0.39 is 5.41 Å². The van der Waals surface area contributed by atoms with Crippen LogP contribution in [-0.4, -0.2) is 305 Å². The lowest BCUT2D eigenvalue weighted by molar-refractivity contribution is -0.147. The van der Waals surface area contributed by atoms with Gasteiger partial charge in [-0.2, -0.15) is 0 Å². The Labute approximate surface area is 494 Å². The van der Waals surface area contributed by atoms with Gasteiger partial charge in [0, 0.05) is 182 Å². The van der Waals surface area contributed by atoms with Crippen molar-refractivity contribution in [2.75, 3.05) is 172 Å². The first-order valence-corrected chi connectivity index (χ1v) is 30.8. The van der Waals surface area contributed by atoms with E-state index in [1.807, 2.05) is 86.8 Å². The first-order valence-electron chi connectivity index (χ1n) is 30.8. The molecule has 0 aromatic carbocycles. The summed E-state index contributed by atoms with van der Waals surface area (Å²) in [5, 5.41) is 0. The van der Waals surface area contributed by atoms with Crippen molar-refractivity contribution >= 4 is 29.5 Å². The number of hydrogen-bond acceptors (Lipinski definition) is 15. The lowest BCUT2D eigenvalue weighted by Gasteiger charge is -2.39. The van der Waals surface area contributed by atoms with Crippen molar-refractivity contribution in [3.8, 4) is 0 Å². The zero-order valence-corrected chi connectivity index (χ0v) is 55.6. The zero-order valence-electron chi connectivity index (χ0n) is 55.6. The van der Waals surface area contributed by atoms with Gasteiger partial charge >= 0.3 is 0 Å². The number of methoxy groups -OCH3 is 3. The maximum absolute atomic E-state index is 12.3. The summed E-state index contributed by atoms with van der Waals surface area (Å²) in [5.74, 6) is 0.944. The third-order valence-corrected chi connectivity index (χ3v) is 15.7. The molecule has 20 heteroatoms. The van der Waals surface area contributed by atoms with Gasteiger partial charge in [-0.05, 0) is 124 Å². The van der Waals surface area contributed by atoms with Crippen molar-refractivity contribution in [3.63, 3.8) is 0 Å². The Balaban J connectivity index is 0.000000507. The Morgan fingerprint density at radius 1 is 0.383 bits per heavy atom. The average Bonchev–Trinajstić information content (AvgIpc) is 3.44. The molecule has 476 valence electrons. The number of carbonyl (C=O) groups is 5. The summed E-state index contributed by atoms with van der Waals surface area (Å²) >= 11 is 0. The molecule has 81 heavy (non-hydrogen) atoms. The van der Waals surface area contributed by atoms with E-state index in [1.54, 1.807) is 21.3 Å². The molecule has 5 fully saturated rings. The summed E-state index contributed by atoms with van der Waals surface area (Å²) in [6.45, 7) is 58.5. The minimum Gasteiger partial charge on any atom is -0.384 e. The fourth-order valence-electron chi connectivity index (χ4n) is 10.3. The molecule has 5 heterocycles. The van der Waals surface area contributed by atoms with E-state index in [-0.39, 0.29) is 73.1 Å². The van der Waals surface area contributed by atoms with E-state index in [0.29, 0.717) is 36.8 Å². The van der Waals surface area contributed by atoms with Gasteiger partial charge in [-0.25, -0.2) is 0 Å². The van der Waals surface area contributed by atoms with Gasteiger partial charge in [0.1, 0.15) is 25.4 Å². The van der Waals surface area contributed by atoms with E-state index in [4.69, 9.17) is 23.7 Å². The number of hydrogen-bond donors (Lipinski definition) is 0. The molecule has 0 aromatic heterocycles. The molecule has 5 aliphatic rings. The van der Waals surface area contributed by atoms with Crippen molar-refractivity contribution in [2.45, 2.75) is 186 Å².